The molecule has 3 aromatic rings. The minimum absolute atomic E-state index is 0.0186. The lowest BCUT2D eigenvalue weighted by molar-refractivity contribution is -0.116. The van der Waals surface area contributed by atoms with Gasteiger partial charge in [0.2, 0.25) is 5.91 Å². The van der Waals surface area contributed by atoms with Gasteiger partial charge in [-0.2, -0.15) is 0 Å². The zero-order valence-corrected chi connectivity index (χ0v) is 15.8. The highest BCUT2D eigenvalue weighted by Gasteiger charge is 2.19. The van der Waals surface area contributed by atoms with Crippen LogP contribution in [0.1, 0.15) is 23.7 Å². The molecular weight excluding hydrogens is 360 g/mol. The molecule has 138 valence electrons. The van der Waals surface area contributed by atoms with E-state index in [2.05, 4.69) is 15.3 Å². The van der Waals surface area contributed by atoms with Crippen LogP contribution in [0.5, 0.6) is 0 Å². The van der Waals surface area contributed by atoms with Crippen molar-refractivity contribution in [1.29, 1.82) is 0 Å². The second-order valence-electron chi connectivity index (χ2n) is 5.91. The van der Waals surface area contributed by atoms with Gasteiger partial charge in [0.15, 0.2) is 5.13 Å². The fourth-order valence-corrected chi connectivity index (χ4v) is 3.34. The van der Waals surface area contributed by atoms with Crippen molar-refractivity contribution < 1.29 is 9.59 Å². The maximum absolute atomic E-state index is 12.6. The number of rotatable bonds is 7. The number of carbonyl (C=O) groups is 2. The molecule has 2 amide bonds. The van der Waals surface area contributed by atoms with E-state index in [0.717, 1.165) is 17.7 Å². The molecule has 0 aliphatic carbocycles. The summed E-state index contributed by atoms with van der Waals surface area (Å²) in [6, 6.07) is 13.1. The highest BCUT2D eigenvalue weighted by atomic mass is 32.1. The Bertz CT molecular complexity index is 897. The third-order valence-corrected chi connectivity index (χ3v) is 4.62. The van der Waals surface area contributed by atoms with Crippen molar-refractivity contribution in [2.75, 3.05) is 18.4 Å². The van der Waals surface area contributed by atoms with Crippen molar-refractivity contribution >= 4 is 28.3 Å². The van der Waals surface area contributed by atoms with Gasteiger partial charge in [0.25, 0.3) is 5.91 Å². The van der Waals surface area contributed by atoms with Gasteiger partial charge in [-0.1, -0.05) is 37.3 Å². The third-order valence-electron chi connectivity index (χ3n) is 3.86. The molecule has 6 nitrogen and oxygen atoms in total. The van der Waals surface area contributed by atoms with Crippen molar-refractivity contribution in [1.82, 2.24) is 14.9 Å². The van der Waals surface area contributed by atoms with Crippen molar-refractivity contribution in [2.45, 2.75) is 13.3 Å². The van der Waals surface area contributed by atoms with Crippen LogP contribution in [0.25, 0.3) is 11.3 Å². The summed E-state index contributed by atoms with van der Waals surface area (Å²) in [5.74, 6) is -0.446. The molecule has 2 heterocycles. The molecule has 27 heavy (non-hydrogen) atoms. The Hall–Kier alpha value is -3.06. The maximum Gasteiger partial charge on any atom is 0.254 e. The van der Waals surface area contributed by atoms with E-state index in [1.807, 2.05) is 42.6 Å². The summed E-state index contributed by atoms with van der Waals surface area (Å²) in [4.78, 5) is 35.0. The number of nitrogens with one attached hydrogen (secondary N) is 1. The van der Waals surface area contributed by atoms with Gasteiger partial charge in [0.1, 0.15) is 6.54 Å². The van der Waals surface area contributed by atoms with Crippen LogP contribution in [0.2, 0.25) is 0 Å². The summed E-state index contributed by atoms with van der Waals surface area (Å²) in [7, 11) is 0. The number of pyridine rings is 1. The summed E-state index contributed by atoms with van der Waals surface area (Å²) < 4.78 is 0. The Morgan fingerprint density at radius 2 is 1.85 bits per heavy atom. The number of benzene rings is 1. The van der Waals surface area contributed by atoms with Crippen molar-refractivity contribution in [3.8, 4) is 11.3 Å². The number of hydrogen-bond donors (Lipinski definition) is 1. The highest BCUT2D eigenvalue weighted by Crippen LogP contribution is 2.24. The molecule has 0 saturated heterocycles. The van der Waals surface area contributed by atoms with Crippen LogP contribution in [0, 0.1) is 0 Å². The van der Waals surface area contributed by atoms with E-state index in [9.17, 15) is 9.59 Å². The first kappa shape index (κ1) is 18.7. The van der Waals surface area contributed by atoms with Gasteiger partial charge in [0, 0.05) is 35.4 Å². The van der Waals surface area contributed by atoms with Gasteiger partial charge in [0.05, 0.1) is 5.69 Å². The van der Waals surface area contributed by atoms with Crippen molar-refractivity contribution in [3.05, 3.63) is 65.8 Å². The minimum atomic E-state index is -0.264. The van der Waals surface area contributed by atoms with Crippen LogP contribution in [0.4, 0.5) is 5.13 Å². The average molecular weight is 380 g/mol. The lowest BCUT2D eigenvalue weighted by Crippen LogP contribution is -2.38. The normalized spacial score (nSPS) is 10.4. The molecule has 0 unspecified atom stereocenters. The highest BCUT2D eigenvalue weighted by molar-refractivity contribution is 7.14. The first-order valence-corrected chi connectivity index (χ1v) is 9.55. The smallest absolute Gasteiger partial charge is 0.254 e. The fourth-order valence-electron chi connectivity index (χ4n) is 2.60. The summed E-state index contributed by atoms with van der Waals surface area (Å²) >= 11 is 1.36. The number of nitrogens with zero attached hydrogens (tertiary/aromatic N) is 3. The number of amides is 2. The zero-order chi connectivity index (χ0) is 19.1. The fraction of sp³-hybridized carbons (Fsp3) is 0.200. The number of carbonyl (C=O) groups excluding carboxylic acids is 2. The number of aromatic nitrogens is 2. The van der Waals surface area contributed by atoms with Crippen LogP contribution in [-0.2, 0) is 4.79 Å². The van der Waals surface area contributed by atoms with E-state index in [1.165, 1.54) is 16.2 Å². The van der Waals surface area contributed by atoms with E-state index in [-0.39, 0.29) is 18.4 Å². The molecule has 0 fully saturated rings. The monoisotopic (exact) mass is 380 g/mol. The maximum atomic E-state index is 12.6. The third kappa shape index (κ3) is 4.98. The Morgan fingerprint density at radius 1 is 1.11 bits per heavy atom. The van der Waals surface area contributed by atoms with E-state index in [4.69, 9.17) is 0 Å². The van der Waals surface area contributed by atoms with Gasteiger partial charge < -0.3 is 10.2 Å². The first-order chi connectivity index (χ1) is 13.2. The average Bonchev–Trinajstić information content (AvgIpc) is 3.17. The molecule has 0 atom stereocenters. The molecule has 1 N–H and O–H groups in total. The van der Waals surface area contributed by atoms with Crippen LogP contribution < -0.4 is 5.32 Å². The Kier molecular flexibility index (Phi) is 6.27. The minimum Gasteiger partial charge on any atom is -0.329 e. The molecule has 0 bridgehead atoms. The topological polar surface area (TPSA) is 75.2 Å². The van der Waals surface area contributed by atoms with Crippen LogP contribution in [0.15, 0.2) is 60.2 Å². The van der Waals surface area contributed by atoms with Gasteiger partial charge in [-0.05, 0) is 18.6 Å². The van der Waals surface area contributed by atoms with Crippen molar-refractivity contribution in [2.24, 2.45) is 0 Å². The van der Waals surface area contributed by atoms with Gasteiger partial charge in [-0.3, -0.25) is 14.6 Å². The Labute approximate surface area is 161 Å². The van der Waals surface area contributed by atoms with Crippen LogP contribution in [-0.4, -0.2) is 39.8 Å². The van der Waals surface area contributed by atoms with E-state index >= 15 is 0 Å². The standard InChI is InChI=1S/C20H20N4O2S/c1-2-12-24(19(26)16-8-10-21-11-9-16)13-18(25)23-20-22-17(14-27-20)15-6-4-3-5-7-15/h3-11,14H,2,12-13H2,1H3,(H,22,23,25). The molecule has 1 aromatic carbocycles. The molecule has 0 radical (unpaired) electrons. The molecular formula is C20H20N4O2S. The quantitative estimate of drug-likeness (QED) is 0.678. The number of anilines is 1. The Morgan fingerprint density at radius 3 is 2.56 bits per heavy atom. The van der Waals surface area contributed by atoms with Crippen LogP contribution >= 0.6 is 11.3 Å². The lowest BCUT2D eigenvalue weighted by Gasteiger charge is -2.21. The van der Waals surface area contributed by atoms with Crippen molar-refractivity contribution in [3.63, 3.8) is 0 Å². The molecule has 3 rings (SSSR count). The number of hydrogen-bond acceptors (Lipinski definition) is 5. The molecule has 0 aliphatic heterocycles. The summed E-state index contributed by atoms with van der Waals surface area (Å²) in [5.41, 5.74) is 2.33. The second-order valence-corrected chi connectivity index (χ2v) is 6.77. The summed E-state index contributed by atoms with van der Waals surface area (Å²) in [6.07, 6.45) is 3.90. The molecule has 0 spiro atoms. The zero-order valence-electron chi connectivity index (χ0n) is 15.0. The van der Waals surface area contributed by atoms with Gasteiger partial charge in [-0.25, -0.2) is 4.98 Å². The van der Waals surface area contributed by atoms with E-state index < -0.39 is 0 Å². The van der Waals surface area contributed by atoms with E-state index in [1.54, 1.807) is 24.5 Å². The van der Waals surface area contributed by atoms with Crippen LogP contribution in [0.3, 0.4) is 0 Å². The van der Waals surface area contributed by atoms with Gasteiger partial charge in [-0.15, -0.1) is 11.3 Å². The first-order valence-electron chi connectivity index (χ1n) is 8.67. The lowest BCUT2D eigenvalue weighted by atomic mass is 10.2. The molecule has 0 saturated carbocycles. The largest absolute Gasteiger partial charge is 0.329 e. The second kappa shape index (κ2) is 9.05. The SMILES string of the molecule is CCCN(CC(=O)Nc1nc(-c2ccccc2)cs1)C(=O)c1ccncc1. The molecule has 7 heteroatoms. The summed E-state index contributed by atoms with van der Waals surface area (Å²) in [6.45, 7) is 2.45. The predicted molar refractivity (Wildman–Crippen MR) is 107 cm³/mol. The predicted octanol–water partition coefficient (Wildman–Crippen LogP) is 3.70. The van der Waals surface area contributed by atoms with E-state index in [0.29, 0.717) is 17.2 Å². The summed E-state index contributed by atoms with van der Waals surface area (Å²) in [5, 5.41) is 5.21. The molecule has 2 aromatic heterocycles. The Balaban J connectivity index is 1.65. The van der Waals surface area contributed by atoms with Gasteiger partial charge >= 0.3 is 0 Å². The molecule has 0 aliphatic rings. The number of thiazole rings is 1.